The minimum atomic E-state index is -0.210. The molecule has 42 heavy (non-hydrogen) atoms. The zero-order valence-corrected chi connectivity index (χ0v) is 28.4. The van der Waals surface area contributed by atoms with Crippen LogP contribution in [0.1, 0.15) is 96.5 Å². The maximum Gasteiger partial charge on any atom is 0.262 e. The average molecular weight is 664 g/mol. The Hall–Kier alpha value is -2.32. The fraction of sp³-hybridized carbons (Fsp3) is 0.559. The van der Waals surface area contributed by atoms with Gasteiger partial charge in [-0.15, -0.1) is 28.7 Å². The number of benzene rings is 2. The molecular formula is C34H51BrN2O4S. The summed E-state index contributed by atoms with van der Waals surface area (Å²) in [6.45, 7) is 5.85. The minimum Gasteiger partial charge on any atom is -0.493 e. The highest BCUT2D eigenvalue weighted by atomic mass is 79.9. The lowest BCUT2D eigenvalue weighted by Gasteiger charge is -2.19. The molecule has 0 bridgehead atoms. The third kappa shape index (κ3) is 13.8. The van der Waals surface area contributed by atoms with Crippen molar-refractivity contribution in [3.63, 3.8) is 0 Å². The number of nitrogens with zero attached hydrogens (tertiary/aromatic N) is 1. The standard InChI is InChI=1S/C34H50N2O4S.BrH/c1-4-5-6-7-8-9-10-11-12-13-14-15-22-39-32-21-20-31(23-33(32)38-3)40-25-34(37)35-30-18-16-29(17-19-30)24-36-27-41-26-28(36)2;/h16-21,23,26H,4-15,22,24-25,27H2,1-3H3,(H,35,37);1H. The van der Waals surface area contributed by atoms with E-state index in [1.165, 1.54) is 81.9 Å². The lowest BCUT2D eigenvalue weighted by Crippen LogP contribution is -2.20. The number of unbranched alkanes of at least 4 members (excludes halogenated alkanes) is 11. The van der Waals surface area contributed by atoms with E-state index in [-0.39, 0.29) is 29.5 Å². The summed E-state index contributed by atoms with van der Waals surface area (Å²) in [7, 11) is 1.62. The van der Waals surface area contributed by atoms with Gasteiger partial charge in [-0.3, -0.25) is 4.79 Å². The van der Waals surface area contributed by atoms with E-state index in [0.29, 0.717) is 23.9 Å². The number of thioether (sulfide) groups is 1. The van der Waals surface area contributed by atoms with Crippen molar-refractivity contribution < 1.29 is 19.0 Å². The average Bonchev–Trinajstić information content (AvgIpc) is 3.39. The van der Waals surface area contributed by atoms with E-state index in [2.05, 4.69) is 29.5 Å². The van der Waals surface area contributed by atoms with E-state index in [1.807, 2.05) is 48.2 Å². The Kier molecular flexibility index (Phi) is 18.3. The first-order valence-electron chi connectivity index (χ1n) is 15.4. The van der Waals surface area contributed by atoms with Gasteiger partial charge in [0.2, 0.25) is 0 Å². The summed E-state index contributed by atoms with van der Waals surface area (Å²) in [4.78, 5) is 14.8. The Bertz CT molecular complexity index is 1060. The molecule has 6 nitrogen and oxygen atoms in total. The van der Waals surface area contributed by atoms with Crippen LogP contribution in [0, 0.1) is 0 Å². The van der Waals surface area contributed by atoms with Gasteiger partial charge in [0.25, 0.3) is 5.91 Å². The van der Waals surface area contributed by atoms with Crippen LogP contribution in [-0.2, 0) is 11.3 Å². The zero-order chi connectivity index (χ0) is 29.1. The summed E-state index contributed by atoms with van der Waals surface area (Å²) in [5.74, 6) is 2.65. The first-order chi connectivity index (χ1) is 20.1. The van der Waals surface area contributed by atoms with Crippen molar-refractivity contribution in [2.45, 2.75) is 97.4 Å². The third-order valence-electron chi connectivity index (χ3n) is 7.35. The molecule has 0 aromatic heterocycles. The van der Waals surface area contributed by atoms with Crippen molar-refractivity contribution in [3.8, 4) is 17.2 Å². The summed E-state index contributed by atoms with van der Waals surface area (Å²) >= 11 is 1.82. The highest BCUT2D eigenvalue weighted by molar-refractivity contribution is 8.93. The van der Waals surface area contributed by atoms with Crippen molar-refractivity contribution in [2.24, 2.45) is 0 Å². The van der Waals surface area contributed by atoms with Crippen molar-refractivity contribution >= 4 is 40.3 Å². The van der Waals surface area contributed by atoms with E-state index < -0.39 is 0 Å². The summed E-state index contributed by atoms with van der Waals surface area (Å²) in [5.41, 5.74) is 3.26. The molecule has 0 saturated carbocycles. The maximum atomic E-state index is 12.5. The normalized spacial score (nSPS) is 12.5. The van der Waals surface area contributed by atoms with E-state index in [1.54, 1.807) is 13.2 Å². The van der Waals surface area contributed by atoms with Crippen LogP contribution in [0.25, 0.3) is 0 Å². The summed E-state index contributed by atoms with van der Waals surface area (Å²) in [6, 6.07) is 13.4. The van der Waals surface area contributed by atoms with Crippen LogP contribution in [-0.4, -0.2) is 37.0 Å². The SMILES string of the molecule is Br.CCCCCCCCCCCCCCOc1ccc(OCC(=O)Nc2ccc(CN3CSC=C3C)cc2)cc1OC. The van der Waals surface area contributed by atoms with Crippen molar-refractivity contribution in [3.05, 3.63) is 59.1 Å². The van der Waals surface area contributed by atoms with Gasteiger partial charge in [0, 0.05) is 24.0 Å². The van der Waals surface area contributed by atoms with Crippen LogP contribution >= 0.6 is 28.7 Å². The molecule has 1 aliphatic rings. The first kappa shape index (κ1) is 35.9. The minimum absolute atomic E-state index is 0. The number of nitrogens with one attached hydrogen (secondary N) is 1. The number of allylic oxidation sites excluding steroid dienone is 1. The number of rotatable bonds is 21. The fourth-order valence-electron chi connectivity index (χ4n) is 4.84. The smallest absolute Gasteiger partial charge is 0.262 e. The van der Waals surface area contributed by atoms with Gasteiger partial charge in [-0.1, -0.05) is 89.7 Å². The fourth-order valence-corrected chi connectivity index (χ4v) is 5.78. The lowest BCUT2D eigenvalue weighted by molar-refractivity contribution is -0.118. The van der Waals surface area contributed by atoms with Crippen molar-refractivity contribution in [1.82, 2.24) is 4.90 Å². The molecule has 1 N–H and O–H groups in total. The van der Waals surface area contributed by atoms with Crippen LogP contribution in [0.2, 0.25) is 0 Å². The number of anilines is 1. The van der Waals surface area contributed by atoms with Gasteiger partial charge in [-0.25, -0.2) is 0 Å². The maximum absolute atomic E-state index is 12.5. The Morgan fingerprint density at radius 1 is 0.857 bits per heavy atom. The highest BCUT2D eigenvalue weighted by Gasteiger charge is 2.12. The van der Waals surface area contributed by atoms with Crippen LogP contribution in [0.5, 0.6) is 17.2 Å². The Morgan fingerprint density at radius 2 is 1.50 bits per heavy atom. The van der Waals surface area contributed by atoms with Gasteiger partial charge in [0.1, 0.15) is 5.75 Å². The number of methoxy groups -OCH3 is 1. The summed E-state index contributed by atoms with van der Waals surface area (Å²) < 4.78 is 17.2. The Labute approximate surface area is 268 Å². The third-order valence-corrected chi connectivity index (χ3v) is 8.32. The van der Waals surface area contributed by atoms with Gasteiger partial charge >= 0.3 is 0 Å². The molecule has 3 rings (SSSR count). The number of hydrogen-bond acceptors (Lipinski definition) is 6. The second-order valence-electron chi connectivity index (χ2n) is 10.8. The van der Waals surface area contributed by atoms with Crippen LogP contribution in [0.3, 0.4) is 0 Å². The number of carbonyl (C=O) groups is 1. The highest BCUT2D eigenvalue weighted by Crippen LogP contribution is 2.31. The van der Waals surface area contributed by atoms with Gasteiger partial charge in [-0.05, 0) is 48.6 Å². The van der Waals surface area contributed by atoms with Gasteiger partial charge in [0.15, 0.2) is 18.1 Å². The molecule has 0 fully saturated rings. The molecule has 1 amide bonds. The predicted octanol–water partition coefficient (Wildman–Crippen LogP) is 9.74. The molecule has 0 radical (unpaired) electrons. The summed E-state index contributed by atoms with van der Waals surface area (Å²) in [5, 5.41) is 5.09. The number of carbonyl (C=O) groups excluding carboxylic acids is 1. The molecule has 234 valence electrons. The van der Waals surface area contributed by atoms with Crippen molar-refractivity contribution in [1.29, 1.82) is 0 Å². The molecule has 2 aromatic rings. The van der Waals surface area contributed by atoms with E-state index in [9.17, 15) is 4.79 Å². The molecule has 0 spiro atoms. The first-order valence-corrected chi connectivity index (χ1v) is 16.5. The number of halogens is 1. The Balaban J connectivity index is 0.00000616. The molecule has 0 atom stereocenters. The zero-order valence-electron chi connectivity index (χ0n) is 25.8. The topological polar surface area (TPSA) is 60.0 Å². The second kappa shape index (κ2) is 21.4. The van der Waals surface area contributed by atoms with Gasteiger partial charge < -0.3 is 24.4 Å². The summed E-state index contributed by atoms with van der Waals surface area (Å²) in [6.07, 6.45) is 15.8. The molecule has 1 aliphatic heterocycles. The second-order valence-corrected chi connectivity index (χ2v) is 11.7. The largest absolute Gasteiger partial charge is 0.493 e. The van der Waals surface area contributed by atoms with Gasteiger partial charge in [-0.2, -0.15) is 0 Å². The number of amides is 1. The quantitative estimate of drug-likeness (QED) is 0.134. The molecule has 0 saturated heterocycles. The van der Waals surface area contributed by atoms with Crippen molar-refractivity contribution in [2.75, 3.05) is 31.5 Å². The lowest BCUT2D eigenvalue weighted by atomic mass is 10.1. The number of ether oxygens (including phenoxy) is 3. The van der Waals surface area contributed by atoms with Crippen LogP contribution < -0.4 is 19.5 Å². The van der Waals surface area contributed by atoms with E-state index in [0.717, 1.165) is 24.5 Å². The molecule has 0 aliphatic carbocycles. The monoisotopic (exact) mass is 662 g/mol. The van der Waals surface area contributed by atoms with E-state index >= 15 is 0 Å². The molecule has 0 unspecified atom stereocenters. The van der Waals surface area contributed by atoms with Crippen LogP contribution in [0.4, 0.5) is 5.69 Å². The molecule has 8 heteroatoms. The van der Waals surface area contributed by atoms with Crippen LogP contribution in [0.15, 0.2) is 53.6 Å². The van der Waals surface area contributed by atoms with Gasteiger partial charge in [0.05, 0.1) is 19.6 Å². The molecular weight excluding hydrogens is 612 g/mol. The Morgan fingerprint density at radius 3 is 2.10 bits per heavy atom. The number of hydrogen-bond donors (Lipinski definition) is 1. The molecule has 1 heterocycles. The van der Waals surface area contributed by atoms with E-state index in [4.69, 9.17) is 14.2 Å². The molecule has 2 aromatic carbocycles. The predicted molar refractivity (Wildman–Crippen MR) is 182 cm³/mol.